The zero-order valence-corrected chi connectivity index (χ0v) is 40.2. The predicted octanol–water partition coefficient (Wildman–Crippen LogP) is 1.55. The molecule has 5 aromatic rings. The minimum absolute atomic E-state index is 0.00414. The van der Waals surface area contributed by atoms with Crippen molar-refractivity contribution in [3.63, 3.8) is 0 Å². The van der Waals surface area contributed by atoms with E-state index >= 15 is 0 Å². The molecule has 1 unspecified atom stereocenters. The summed E-state index contributed by atoms with van der Waals surface area (Å²) in [7, 11) is -10.8. The van der Waals surface area contributed by atoms with Crippen molar-refractivity contribution in [2.75, 3.05) is 56.5 Å². The number of alkyl carbamates (subject to hydrolysis) is 1. The molecule has 1 saturated heterocycles. The maximum atomic E-state index is 14.0. The van der Waals surface area contributed by atoms with E-state index in [1.54, 1.807) is 6.07 Å². The highest BCUT2D eigenvalue weighted by Crippen LogP contribution is 2.58. The molecule has 2 aromatic heterocycles. The van der Waals surface area contributed by atoms with E-state index < -0.39 is 64.8 Å². The van der Waals surface area contributed by atoms with Crippen LogP contribution in [0.3, 0.4) is 0 Å². The third kappa shape index (κ3) is 8.79. The van der Waals surface area contributed by atoms with Gasteiger partial charge in [0, 0.05) is 77.8 Å². The number of nitrogens with one attached hydrogen (secondary N) is 2. The Kier molecular flexibility index (Phi) is 12.4. The molecule has 3 aromatic carbocycles. The lowest BCUT2D eigenvalue weighted by molar-refractivity contribution is -0.0522. The van der Waals surface area contributed by atoms with E-state index in [1.807, 2.05) is 0 Å². The monoisotopic (exact) mass is 1030 g/mol. The van der Waals surface area contributed by atoms with Crippen LogP contribution in [0.4, 0.5) is 16.3 Å². The molecular formula is C46H50N9O15P2+. The fraction of sp³-hybridized carbons (Fsp3) is 0.413. The van der Waals surface area contributed by atoms with Crippen LogP contribution in [0.25, 0.3) is 16.7 Å². The molecule has 0 aliphatic carbocycles. The summed E-state index contributed by atoms with van der Waals surface area (Å²) >= 11 is 0. The van der Waals surface area contributed by atoms with Crippen molar-refractivity contribution >= 4 is 61.9 Å². The number of aryl methyl sites for hydroxylation is 2. The van der Waals surface area contributed by atoms with E-state index in [2.05, 4.69) is 51.5 Å². The van der Waals surface area contributed by atoms with E-state index in [1.165, 1.54) is 45.2 Å². The van der Waals surface area contributed by atoms with Crippen molar-refractivity contribution in [1.82, 2.24) is 34.7 Å². The van der Waals surface area contributed by atoms with Crippen LogP contribution in [0, 0.1) is 0 Å². The van der Waals surface area contributed by atoms with Gasteiger partial charge in [-0.05, 0) is 80.0 Å². The number of fused-ring (bicyclic) bond motifs is 5. The Bertz CT molecular complexity index is 3340. The molecule has 0 saturated carbocycles. The van der Waals surface area contributed by atoms with Crippen LogP contribution >= 0.6 is 15.6 Å². The number of hydrogen-bond donors (Lipinski definition) is 8. The molecule has 6 aliphatic rings. The maximum Gasteiger partial charge on any atom is 0.481 e. The number of rotatable bonds is 13. The summed E-state index contributed by atoms with van der Waals surface area (Å²) in [6, 6.07) is 8.82. The number of carbonyl (C=O) groups excluding carboxylic acids is 2. The van der Waals surface area contributed by atoms with Crippen molar-refractivity contribution in [3.8, 4) is 11.5 Å². The van der Waals surface area contributed by atoms with Crippen molar-refractivity contribution in [3.05, 3.63) is 98.1 Å². The molecule has 8 heterocycles. The van der Waals surface area contributed by atoms with Gasteiger partial charge in [0.2, 0.25) is 5.36 Å². The SMILES string of the molecule is Nc1ncnc2c1ncn2[C@@H]1O[C@H](COP(=O)(O)OP(=O)(O)O)[C@@H](O)[C@H]1OC(=O)NCCNC(=O)c1ccc(C(=O)O)c(C2=c3cc4c5c(c3Oc3c2cc2c6c3CCCN6CCC2)CCC[N+]=5CCC4)c1. The first-order valence-corrected chi connectivity index (χ1v) is 26.6. The number of anilines is 2. The van der Waals surface area contributed by atoms with Crippen molar-refractivity contribution in [2.24, 2.45) is 0 Å². The largest absolute Gasteiger partial charge is 0.481 e. The number of aromatic nitrogens is 4. The molecule has 5 atom stereocenters. The average molecular weight is 1030 g/mol. The van der Waals surface area contributed by atoms with E-state index in [4.69, 9.17) is 34.3 Å². The summed E-state index contributed by atoms with van der Waals surface area (Å²) in [5, 5.41) is 29.4. The number of hydrogen-bond acceptors (Lipinski definition) is 16. The Labute approximate surface area is 408 Å². The Morgan fingerprint density at radius 1 is 0.889 bits per heavy atom. The summed E-state index contributed by atoms with van der Waals surface area (Å²) in [5.74, 6) is -0.232. The Balaban J connectivity index is 0.855. The highest BCUT2D eigenvalue weighted by Gasteiger charge is 2.49. The number of amides is 2. The van der Waals surface area contributed by atoms with Gasteiger partial charge in [-0.15, -0.1) is 0 Å². The summed E-state index contributed by atoms with van der Waals surface area (Å²) in [6.07, 6.45) is 2.23. The number of carboxylic acids is 1. The van der Waals surface area contributed by atoms with Gasteiger partial charge < -0.3 is 60.4 Å². The van der Waals surface area contributed by atoms with Gasteiger partial charge >= 0.3 is 27.7 Å². The van der Waals surface area contributed by atoms with Gasteiger partial charge in [0.05, 0.1) is 24.1 Å². The minimum atomic E-state index is -5.48. The Morgan fingerprint density at radius 3 is 2.43 bits per heavy atom. The van der Waals surface area contributed by atoms with Gasteiger partial charge in [-0.2, -0.15) is 4.31 Å². The third-order valence-corrected chi connectivity index (χ3v) is 16.1. The normalized spacial score (nSPS) is 21.7. The van der Waals surface area contributed by atoms with E-state index in [0.29, 0.717) is 11.1 Å². The standard InChI is InChI=1S/C46H49N9O15P2/c47-41-34-42(51-21-50-41)55(22-52-34)44-40(37(56)32(67-44)20-66-72(64,65)70-71(61,62)63)69-46(60)49-12-11-48-43(57)25-9-10-26(45(58)59)29(19-25)33-30-17-23-5-1-13-53-15-3-7-27(35(23)53)38(30)68-39-28-8-4-16-54-14-2-6-24(36(28)54)18-31(33)39/h9-10,17-19,21-22,32,37,40,44,56H,1-8,11-16,20H2,(H7-,47,48,49,50,51,57,58,59,60,61,62,63,64,65)/p+1/t32-,37-,40-,44-/m1/s1. The first-order chi connectivity index (χ1) is 34.5. The topological polar surface area (TPSA) is 333 Å². The number of phosphoric acid groups is 2. The molecule has 9 N–H and O–H groups in total. The fourth-order valence-electron chi connectivity index (χ4n) is 11.1. The van der Waals surface area contributed by atoms with Gasteiger partial charge in [0.15, 0.2) is 23.8 Å². The van der Waals surface area contributed by atoms with Gasteiger partial charge in [-0.1, -0.05) is 0 Å². The van der Waals surface area contributed by atoms with Crippen LogP contribution in [0.1, 0.15) is 86.0 Å². The second-order valence-corrected chi connectivity index (χ2v) is 21.3. The van der Waals surface area contributed by atoms with Gasteiger partial charge in [-0.25, -0.2) is 38.2 Å². The number of nitrogens with two attached hydrogens (primary N) is 1. The van der Waals surface area contributed by atoms with Crippen molar-refractivity contribution < 1.29 is 71.5 Å². The molecule has 1 fully saturated rings. The molecule has 378 valence electrons. The molecular weight excluding hydrogens is 981 g/mol. The lowest BCUT2D eigenvalue weighted by atomic mass is 9.81. The van der Waals surface area contributed by atoms with Gasteiger partial charge in [0.25, 0.3) is 5.91 Å². The first-order valence-electron chi connectivity index (χ1n) is 23.6. The number of nitrogens with zero attached hydrogens (tertiary/aromatic N) is 6. The molecule has 26 heteroatoms. The number of nitrogen functional groups attached to an aromatic ring is 1. The van der Waals surface area contributed by atoms with Crippen molar-refractivity contribution in [1.29, 1.82) is 0 Å². The summed E-state index contributed by atoms with van der Waals surface area (Å²) < 4.78 is 54.2. The molecule has 11 rings (SSSR count). The number of phosphoric ester groups is 1. The number of aliphatic hydroxyl groups is 1. The van der Waals surface area contributed by atoms with Crippen LogP contribution in [0.5, 0.6) is 11.5 Å². The van der Waals surface area contributed by atoms with Crippen LogP contribution in [-0.4, -0.2) is 127 Å². The predicted molar refractivity (Wildman–Crippen MR) is 253 cm³/mol. The highest BCUT2D eigenvalue weighted by atomic mass is 31.3. The summed E-state index contributed by atoms with van der Waals surface area (Å²) in [6.45, 7) is 2.56. The van der Waals surface area contributed by atoms with Gasteiger partial charge in [0.1, 0.15) is 48.6 Å². The number of aromatic carboxylic acids is 1. The number of imidazole rings is 1. The summed E-state index contributed by atoms with van der Waals surface area (Å²) in [5.41, 5.74) is 14.1. The molecule has 6 aliphatic heterocycles. The highest BCUT2D eigenvalue weighted by molar-refractivity contribution is 7.60. The quantitative estimate of drug-likeness (QED) is 0.0462. The second kappa shape index (κ2) is 18.6. The van der Waals surface area contributed by atoms with E-state index in [9.17, 15) is 38.6 Å². The third-order valence-electron chi connectivity index (χ3n) is 14.0. The van der Waals surface area contributed by atoms with Crippen LogP contribution in [-0.2, 0) is 53.1 Å². The number of aliphatic hydroxyl groups excluding tert-OH is 1. The number of ether oxygens (including phenoxy) is 3. The van der Waals surface area contributed by atoms with Gasteiger partial charge in [-0.3, -0.25) is 13.9 Å². The van der Waals surface area contributed by atoms with E-state index in [-0.39, 0.29) is 41.2 Å². The first kappa shape index (κ1) is 48.0. The molecule has 0 bridgehead atoms. The lowest BCUT2D eigenvalue weighted by Crippen LogP contribution is -2.45. The lowest BCUT2D eigenvalue weighted by Gasteiger charge is -2.39. The molecule has 72 heavy (non-hydrogen) atoms. The number of carboxylic acid groups (broad SMARTS) is 1. The second-order valence-electron chi connectivity index (χ2n) is 18.4. The number of benzene rings is 3. The molecule has 0 radical (unpaired) electrons. The fourth-order valence-corrected chi connectivity index (χ4v) is 12.7. The maximum absolute atomic E-state index is 14.0. The average Bonchev–Trinajstić information content (AvgIpc) is 3.91. The zero-order valence-electron chi connectivity index (χ0n) is 38.4. The molecule has 2 amide bonds. The van der Waals surface area contributed by atoms with E-state index in [0.717, 1.165) is 117 Å². The Morgan fingerprint density at radius 2 is 1.64 bits per heavy atom. The van der Waals surface area contributed by atoms with Crippen LogP contribution in [0.15, 0.2) is 43.0 Å². The van der Waals surface area contributed by atoms with Crippen molar-refractivity contribution in [2.45, 2.75) is 75.9 Å². The Hall–Kier alpha value is -6.33. The molecule has 0 spiro atoms. The van der Waals surface area contributed by atoms with Crippen LogP contribution in [0.2, 0.25) is 0 Å². The number of carbonyl (C=O) groups is 3. The minimum Gasteiger partial charge on any atom is -0.478 e. The zero-order chi connectivity index (χ0) is 50.2. The smallest absolute Gasteiger partial charge is 0.478 e. The summed E-state index contributed by atoms with van der Waals surface area (Å²) in [4.78, 5) is 83.0. The van der Waals surface area contributed by atoms with Crippen LogP contribution < -0.4 is 41.2 Å². The molecule has 24 nitrogen and oxygen atoms in total.